The van der Waals surface area contributed by atoms with Crippen molar-refractivity contribution in [2.45, 2.75) is 96.8 Å². The second-order valence-corrected chi connectivity index (χ2v) is 12.3. The third kappa shape index (κ3) is 4.79. The highest BCUT2D eigenvalue weighted by Gasteiger charge is 2.42. The lowest BCUT2D eigenvalue weighted by atomic mass is 9.71. The lowest BCUT2D eigenvalue weighted by molar-refractivity contribution is -0.144. The Balaban J connectivity index is 1.26. The van der Waals surface area contributed by atoms with Gasteiger partial charge in [-0.3, -0.25) is 9.69 Å². The third-order valence-electron chi connectivity index (χ3n) is 8.78. The topological polar surface area (TPSA) is 65.5 Å². The molecular weight excluding hydrogens is 446 g/mol. The summed E-state index contributed by atoms with van der Waals surface area (Å²) in [7, 11) is 0. The number of piperidine rings is 1. The second kappa shape index (κ2) is 9.31. The molecule has 2 bridgehead atoms. The monoisotopic (exact) mass is 483 g/mol. The van der Waals surface area contributed by atoms with Gasteiger partial charge in [-0.25, -0.2) is 4.98 Å². The zero-order valence-corrected chi connectivity index (χ0v) is 21.4. The summed E-state index contributed by atoms with van der Waals surface area (Å²) in [5.41, 5.74) is 1.63. The van der Waals surface area contributed by atoms with Gasteiger partial charge in [-0.1, -0.05) is 44.5 Å². The number of hydrogen-bond donors (Lipinski definition) is 2. The molecule has 0 radical (unpaired) electrons. The van der Waals surface area contributed by atoms with E-state index in [9.17, 15) is 9.90 Å². The molecule has 2 N–H and O–H groups in total. The molecule has 6 heteroatoms. The molecule has 2 aliphatic heterocycles. The summed E-state index contributed by atoms with van der Waals surface area (Å²) in [6.07, 6.45) is 10.6. The maximum atomic E-state index is 11.5. The fraction of sp³-hybridized carbons (Fsp3) is 0.643. The van der Waals surface area contributed by atoms with Gasteiger partial charge >= 0.3 is 5.97 Å². The predicted molar refractivity (Wildman–Crippen MR) is 138 cm³/mol. The number of carbonyl (C=O) groups is 1. The molecule has 1 aromatic heterocycles. The minimum atomic E-state index is -0.630. The Kier molecular flexibility index (Phi) is 6.54. The van der Waals surface area contributed by atoms with Crippen molar-refractivity contribution in [3.05, 3.63) is 35.0 Å². The van der Waals surface area contributed by atoms with Crippen molar-refractivity contribution < 1.29 is 9.90 Å². The van der Waals surface area contributed by atoms with Gasteiger partial charge in [0.05, 0.1) is 10.9 Å². The van der Waals surface area contributed by atoms with E-state index in [1.165, 1.54) is 18.4 Å². The smallest absolute Gasteiger partial charge is 0.306 e. The number of aliphatic carboxylic acids is 1. The van der Waals surface area contributed by atoms with Gasteiger partial charge in [0, 0.05) is 41.6 Å². The number of carboxylic acid groups (broad SMARTS) is 1. The standard InChI is InChI=1S/C28H38ClN3O2/c1-28(2,3)20-5-7-21(8-6-20)31-26-25(29)24-11-4-17(12-19(24)15-30-26)16-32-22-9-10-23(32)14-18(13-22)27(33)34/h4,11-12,15,18,20-23H,5-10,13-14,16H2,1-3H3,(H,30,31)(H,33,34). The Morgan fingerprint density at radius 1 is 1.12 bits per heavy atom. The molecule has 0 spiro atoms. The molecule has 184 valence electrons. The number of nitrogens with one attached hydrogen (secondary N) is 1. The number of hydrogen-bond acceptors (Lipinski definition) is 4. The molecule has 1 aromatic carbocycles. The van der Waals surface area contributed by atoms with Crippen molar-refractivity contribution in [1.82, 2.24) is 9.88 Å². The normalized spacial score (nSPS) is 29.9. The van der Waals surface area contributed by atoms with Crippen LogP contribution in [0.25, 0.3) is 10.8 Å². The second-order valence-electron chi connectivity index (χ2n) is 12.0. The van der Waals surface area contributed by atoms with E-state index in [0.29, 0.717) is 28.6 Å². The van der Waals surface area contributed by atoms with Crippen LogP contribution in [0.5, 0.6) is 0 Å². The molecule has 3 aliphatic rings. The van der Waals surface area contributed by atoms with Gasteiger partial charge in [0.25, 0.3) is 0 Å². The summed E-state index contributed by atoms with van der Waals surface area (Å²) >= 11 is 6.82. The van der Waals surface area contributed by atoms with Crippen molar-refractivity contribution in [3.8, 4) is 0 Å². The number of anilines is 1. The van der Waals surface area contributed by atoms with E-state index in [-0.39, 0.29) is 5.92 Å². The van der Waals surface area contributed by atoms with Crippen LogP contribution in [-0.4, -0.2) is 39.1 Å². The highest BCUT2D eigenvalue weighted by molar-refractivity contribution is 6.37. The van der Waals surface area contributed by atoms with E-state index in [0.717, 1.165) is 67.6 Å². The summed E-state index contributed by atoms with van der Waals surface area (Å²) in [5.74, 6) is 0.779. The molecule has 34 heavy (non-hydrogen) atoms. The first-order chi connectivity index (χ1) is 16.2. The van der Waals surface area contributed by atoms with Crippen LogP contribution in [0.2, 0.25) is 5.02 Å². The average molecular weight is 484 g/mol. The number of rotatable bonds is 5. The van der Waals surface area contributed by atoms with Crippen LogP contribution in [0.4, 0.5) is 5.82 Å². The summed E-state index contributed by atoms with van der Waals surface area (Å²) in [5, 5.41) is 15.9. The average Bonchev–Trinajstić information content (AvgIpc) is 3.01. The SMILES string of the molecule is CC(C)(C)C1CCC(Nc2ncc3cc(CN4C5CCC4CC(C(=O)O)C5)ccc3c2Cl)CC1. The largest absolute Gasteiger partial charge is 0.481 e. The van der Waals surface area contributed by atoms with Crippen LogP contribution in [-0.2, 0) is 11.3 Å². The predicted octanol–water partition coefficient (Wildman–Crippen LogP) is 6.73. The van der Waals surface area contributed by atoms with Gasteiger partial charge in [0.1, 0.15) is 5.82 Å². The van der Waals surface area contributed by atoms with E-state index in [4.69, 9.17) is 16.6 Å². The van der Waals surface area contributed by atoms with E-state index in [1.54, 1.807) is 0 Å². The number of fused-ring (bicyclic) bond motifs is 3. The number of benzene rings is 1. The van der Waals surface area contributed by atoms with Crippen LogP contribution in [0.15, 0.2) is 24.4 Å². The Morgan fingerprint density at radius 3 is 2.41 bits per heavy atom. The Morgan fingerprint density at radius 2 is 1.79 bits per heavy atom. The highest BCUT2D eigenvalue weighted by atomic mass is 35.5. The lowest BCUT2D eigenvalue weighted by Gasteiger charge is -2.37. The van der Waals surface area contributed by atoms with E-state index in [1.807, 2.05) is 6.20 Å². The van der Waals surface area contributed by atoms with Gasteiger partial charge in [-0.15, -0.1) is 0 Å². The summed E-state index contributed by atoms with van der Waals surface area (Å²) in [4.78, 5) is 18.7. The molecule has 0 amide bonds. The Bertz CT molecular complexity index is 1040. The molecule has 2 aromatic rings. The summed E-state index contributed by atoms with van der Waals surface area (Å²) in [6, 6.07) is 7.71. The molecule has 3 fully saturated rings. The first-order valence-corrected chi connectivity index (χ1v) is 13.4. The quantitative estimate of drug-likeness (QED) is 0.493. The lowest BCUT2D eigenvalue weighted by Crippen LogP contribution is -2.44. The number of pyridine rings is 1. The van der Waals surface area contributed by atoms with E-state index in [2.05, 4.69) is 49.2 Å². The fourth-order valence-electron chi connectivity index (χ4n) is 6.68. The first kappa shape index (κ1) is 23.9. The van der Waals surface area contributed by atoms with Crippen molar-refractivity contribution in [1.29, 1.82) is 0 Å². The fourth-order valence-corrected chi connectivity index (χ4v) is 6.95. The Hall–Kier alpha value is -1.85. The van der Waals surface area contributed by atoms with Crippen molar-refractivity contribution in [3.63, 3.8) is 0 Å². The van der Waals surface area contributed by atoms with Crippen molar-refractivity contribution in [2.75, 3.05) is 5.32 Å². The maximum Gasteiger partial charge on any atom is 0.306 e. The zero-order valence-electron chi connectivity index (χ0n) is 20.7. The van der Waals surface area contributed by atoms with Crippen LogP contribution < -0.4 is 5.32 Å². The third-order valence-corrected chi connectivity index (χ3v) is 9.17. The van der Waals surface area contributed by atoms with Crippen LogP contribution in [0, 0.1) is 17.3 Å². The molecule has 3 heterocycles. The molecule has 1 saturated carbocycles. The van der Waals surface area contributed by atoms with Crippen LogP contribution in [0.3, 0.4) is 0 Å². The van der Waals surface area contributed by atoms with Gasteiger partial charge in [0.2, 0.25) is 0 Å². The van der Waals surface area contributed by atoms with E-state index < -0.39 is 5.97 Å². The first-order valence-electron chi connectivity index (χ1n) is 13.0. The minimum Gasteiger partial charge on any atom is -0.481 e. The van der Waals surface area contributed by atoms with E-state index >= 15 is 0 Å². The molecule has 2 atom stereocenters. The molecule has 1 aliphatic carbocycles. The summed E-state index contributed by atoms with van der Waals surface area (Å²) in [6.45, 7) is 7.92. The minimum absolute atomic E-state index is 0.178. The van der Waals surface area contributed by atoms with Crippen LogP contribution in [0.1, 0.15) is 77.7 Å². The highest BCUT2D eigenvalue weighted by Crippen LogP contribution is 2.41. The van der Waals surface area contributed by atoms with Gasteiger partial charge in [-0.2, -0.15) is 0 Å². The molecule has 2 unspecified atom stereocenters. The number of carboxylic acids is 1. The number of halogens is 1. The molecule has 5 nitrogen and oxygen atoms in total. The maximum absolute atomic E-state index is 11.5. The molecule has 2 saturated heterocycles. The van der Waals surface area contributed by atoms with Gasteiger partial charge in [0.15, 0.2) is 0 Å². The summed E-state index contributed by atoms with van der Waals surface area (Å²) < 4.78 is 0. The van der Waals surface area contributed by atoms with Gasteiger partial charge in [-0.05, 0) is 74.3 Å². The van der Waals surface area contributed by atoms with Crippen molar-refractivity contribution >= 4 is 34.2 Å². The number of nitrogens with zero attached hydrogens (tertiary/aromatic N) is 2. The molecular formula is C28H38ClN3O2. The Labute approximate surface area is 208 Å². The molecule has 5 rings (SSSR count). The van der Waals surface area contributed by atoms with Gasteiger partial charge < -0.3 is 10.4 Å². The zero-order chi connectivity index (χ0) is 24.0. The number of aromatic nitrogens is 1. The van der Waals surface area contributed by atoms with Crippen molar-refractivity contribution in [2.24, 2.45) is 17.3 Å². The van der Waals surface area contributed by atoms with Crippen LogP contribution >= 0.6 is 11.6 Å².